The lowest BCUT2D eigenvalue weighted by Gasteiger charge is -2.25. The Morgan fingerprint density at radius 1 is 1.31 bits per heavy atom. The molecule has 1 aromatic heterocycles. The van der Waals surface area contributed by atoms with Crippen molar-refractivity contribution in [3.63, 3.8) is 0 Å². The zero-order chi connectivity index (χ0) is 23.3. The number of ether oxygens (including phenoxy) is 1. The van der Waals surface area contributed by atoms with Gasteiger partial charge in [0.1, 0.15) is 5.75 Å². The fraction of sp³-hybridized carbons (Fsp3) is 0.182. The summed E-state index contributed by atoms with van der Waals surface area (Å²) in [6.45, 7) is 3.90. The lowest BCUT2D eigenvalue weighted by atomic mass is 10.2. The normalized spacial score (nSPS) is 11.1. The highest BCUT2D eigenvalue weighted by Crippen LogP contribution is 2.33. The summed E-state index contributed by atoms with van der Waals surface area (Å²) in [6.07, 6.45) is 4.87. The zero-order valence-corrected chi connectivity index (χ0v) is 19.2. The van der Waals surface area contributed by atoms with Gasteiger partial charge in [0.05, 0.1) is 41.0 Å². The van der Waals surface area contributed by atoms with Crippen molar-refractivity contribution >= 4 is 33.2 Å². The highest BCUT2D eigenvalue weighted by molar-refractivity contribution is 7.92. The molecule has 0 radical (unpaired) electrons. The van der Waals surface area contributed by atoms with Crippen LogP contribution in [0.4, 0.5) is 5.69 Å². The van der Waals surface area contributed by atoms with E-state index in [0.717, 1.165) is 5.56 Å². The first-order valence-electron chi connectivity index (χ1n) is 9.60. The van der Waals surface area contributed by atoms with Crippen molar-refractivity contribution in [2.75, 3.05) is 18.0 Å². The summed E-state index contributed by atoms with van der Waals surface area (Å²) in [5.74, 6) is -0.107. The molecule has 1 N–H and O–H groups in total. The molecule has 8 nitrogen and oxygen atoms in total. The minimum Gasteiger partial charge on any atom is -0.495 e. The number of amides is 1. The van der Waals surface area contributed by atoms with Gasteiger partial charge in [-0.15, -0.1) is 6.58 Å². The summed E-state index contributed by atoms with van der Waals surface area (Å²) in [5.41, 5.74) is 1.21. The van der Waals surface area contributed by atoms with Crippen molar-refractivity contribution in [2.24, 2.45) is 7.05 Å². The highest BCUT2D eigenvalue weighted by atomic mass is 35.5. The maximum atomic E-state index is 13.5. The molecule has 3 rings (SSSR count). The molecular weight excluding hydrogens is 452 g/mol. The molecule has 0 aliphatic rings. The Morgan fingerprint density at radius 3 is 2.72 bits per heavy atom. The van der Waals surface area contributed by atoms with Crippen LogP contribution in [-0.4, -0.2) is 37.8 Å². The maximum absolute atomic E-state index is 13.5. The first-order chi connectivity index (χ1) is 15.3. The van der Waals surface area contributed by atoms with Crippen LogP contribution in [0.5, 0.6) is 5.75 Å². The van der Waals surface area contributed by atoms with Gasteiger partial charge in [-0.3, -0.25) is 13.8 Å². The molecule has 0 aliphatic carbocycles. The van der Waals surface area contributed by atoms with Crippen LogP contribution in [0, 0.1) is 0 Å². The molecule has 1 amide bonds. The Morgan fingerprint density at radius 2 is 2.06 bits per heavy atom. The Balaban J connectivity index is 1.94. The van der Waals surface area contributed by atoms with Crippen molar-refractivity contribution in [3.05, 3.63) is 83.7 Å². The second-order valence-corrected chi connectivity index (χ2v) is 9.11. The number of para-hydroxylation sites is 2. The van der Waals surface area contributed by atoms with Gasteiger partial charge in [-0.1, -0.05) is 29.8 Å². The average Bonchev–Trinajstić information content (AvgIpc) is 3.21. The molecule has 0 spiro atoms. The number of carbonyl (C=O) groups excluding carboxylic acids is 1. The SMILES string of the molecule is C=CCN(c1ccccc1OC)S(=O)(=O)c1ccc(Cl)c(C(=O)NCc2cnn(C)c2)c1. The molecule has 0 saturated heterocycles. The van der Waals surface area contributed by atoms with E-state index >= 15 is 0 Å². The van der Waals surface area contributed by atoms with Crippen LogP contribution in [0.3, 0.4) is 0 Å². The average molecular weight is 475 g/mol. The molecule has 10 heteroatoms. The van der Waals surface area contributed by atoms with Crippen LogP contribution in [0.1, 0.15) is 15.9 Å². The van der Waals surface area contributed by atoms with E-state index in [9.17, 15) is 13.2 Å². The fourth-order valence-corrected chi connectivity index (χ4v) is 4.76. The van der Waals surface area contributed by atoms with Crippen molar-refractivity contribution < 1.29 is 17.9 Å². The number of benzene rings is 2. The van der Waals surface area contributed by atoms with Crippen LogP contribution in [-0.2, 0) is 23.6 Å². The molecular formula is C22H23ClN4O4S. The zero-order valence-electron chi connectivity index (χ0n) is 17.7. The Kier molecular flexibility index (Phi) is 7.22. The number of rotatable bonds is 9. The van der Waals surface area contributed by atoms with Gasteiger partial charge in [0.25, 0.3) is 15.9 Å². The number of sulfonamides is 1. The van der Waals surface area contributed by atoms with Gasteiger partial charge < -0.3 is 10.1 Å². The molecule has 168 valence electrons. The molecule has 1 heterocycles. The molecule has 0 atom stereocenters. The van der Waals surface area contributed by atoms with Crippen molar-refractivity contribution in [2.45, 2.75) is 11.4 Å². The predicted octanol–water partition coefficient (Wildman–Crippen LogP) is 3.39. The van der Waals surface area contributed by atoms with Gasteiger partial charge >= 0.3 is 0 Å². The number of anilines is 1. The number of hydrogen-bond acceptors (Lipinski definition) is 5. The summed E-state index contributed by atoms with van der Waals surface area (Å²) in [6, 6.07) is 10.8. The Bertz CT molecular complexity index is 1240. The number of methoxy groups -OCH3 is 1. The molecule has 0 fully saturated rings. The minimum absolute atomic E-state index is 0.00781. The molecule has 2 aromatic carbocycles. The predicted molar refractivity (Wildman–Crippen MR) is 124 cm³/mol. The van der Waals surface area contributed by atoms with Gasteiger partial charge in [0, 0.05) is 25.4 Å². The second kappa shape index (κ2) is 9.88. The molecule has 0 unspecified atom stereocenters. The molecule has 3 aromatic rings. The van der Waals surface area contributed by atoms with Gasteiger partial charge in [-0.2, -0.15) is 5.10 Å². The summed E-state index contributed by atoms with van der Waals surface area (Å²) in [7, 11) is -0.821. The number of carbonyl (C=O) groups is 1. The first kappa shape index (κ1) is 23.4. The van der Waals surface area contributed by atoms with Gasteiger partial charge in [-0.05, 0) is 30.3 Å². The third-order valence-corrected chi connectivity index (χ3v) is 6.74. The van der Waals surface area contributed by atoms with Crippen molar-refractivity contribution in [3.8, 4) is 5.75 Å². The number of nitrogens with zero attached hydrogens (tertiary/aromatic N) is 3. The standard InChI is InChI=1S/C22H23ClN4O4S/c1-4-11-27(20-7-5-6-8-21(20)31-3)32(29,30)17-9-10-19(23)18(12-17)22(28)24-13-16-14-25-26(2)15-16/h4-10,12,14-15H,1,11,13H2,2-3H3,(H,24,28). The quantitative estimate of drug-likeness (QED) is 0.480. The number of aryl methyl sites for hydroxylation is 1. The molecule has 0 bridgehead atoms. The van der Waals surface area contributed by atoms with Crippen LogP contribution >= 0.6 is 11.6 Å². The van der Waals surface area contributed by atoms with Crippen LogP contribution in [0.15, 0.2) is 72.4 Å². The maximum Gasteiger partial charge on any atom is 0.264 e. The van der Waals surface area contributed by atoms with Gasteiger partial charge in [0.2, 0.25) is 0 Å². The number of hydrogen-bond donors (Lipinski definition) is 1. The van der Waals surface area contributed by atoms with E-state index in [2.05, 4.69) is 17.0 Å². The minimum atomic E-state index is -4.06. The second-order valence-electron chi connectivity index (χ2n) is 6.84. The van der Waals surface area contributed by atoms with Crippen LogP contribution in [0.25, 0.3) is 0 Å². The Hall–Kier alpha value is -3.30. The van der Waals surface area contributed by atoms with E-state index in [0.29, 0.717) is 11.4 Å². The van der Waals surface area contributed by atoms with Gasteiger partial charge in [-0.25, -0.2) is 8.42 Å². The lowest BCUT2D eigenvalue weighted by molar-refractivity contribution is 0.0951. The summed E-state index contributed by atoms with van der Waals surface area (Å²) >= 11 is 6.21. The van der Waals surface area contributed by atoms with Crippen LogP contribution < -0.4 is 14.4 Å². The monoisotopic (exact) mass is 474 g/mol. The molecule has 0 saturated carbocycles. The van der Waals surface area contributed by atoms with Crippen molar-refractivity contribution in [1.29, 1.82) is 0 Å². The largest absolute Gasteiger partial charge is 0.495 e. The van der Waals surface area contributed by atoms with Crippen LogP contribution in [0.2, 0.25) is 5.02 Å². The molecule has 0 aliphatic heterocycles. The summed E-state index contributed by atoms with van der Waals surface area (Å²) in [4.78, 5) is 12.6. The highest BCUT2D eigenvalue weighted by Gasteiger charge is 2.27. The van der Waals surface area contributed by atoms with E-state index < -0.39 is 15.9 Å². The third kappa shape index (κ3) is 4.95. The number of aromatic nitrogens is 2. The first-order valence-corrected chi connectivity index (χ1v) is 11.4. The Labute approximate surface area is 192 Å². The smallest absolute Gasteiger partial charge is 0.264 e. The van der Waals surface area contributed by atoms with E-state index in [1.54, 1.807) is 48.4 Å². The van der Waals surface area contributed by atoms with E-state index in [1.165, 1.54) is 35.7 Å². The molecule has 32 heavy (non-hydrogen) atoms. The van der Waals surface area contributed by atoms with Crippen molar-refractivity contribution in [1.82, 2.24) is 15.1 Å². The number of nitrogens with one attached hydrogen (secondary N) is 1. The fourth-order valence-electron chi connectivity index (χ4n) is 3.09. The van der Waals surface area contributed by atoms with Gasteiger partial charge in [0.15, 0.2) is 0 Å². The summed E-state index contributed by atoms with van der Waals surface area (Å²) in [5, 5.41) is 6.92. The van der Waals surface area contributed by atoms with E-state index in [1.807, 2.05) is 0 Å². The third-order valence-electron chi connectivity index (χ3n) is 4.63. The summed E-state index contributed by atoms with van der Waals surface area (Å²) < 4.78 is 35.1. The van der Waals surface area contributed by atoms with E-state index in [4.69, 9.17) is 16.3 Å². The van der Waals surface area contributed by atoms with E-state index in [-0.39, 0.29) is 28.6 Å². The number of halogens is 1. The lowest BCUT2D eigenvalue weighted by Crippen LogP contribution is -2.32. The topological polar surface area (TPSA) is 93.5 Å².